The summed E-state index contributed by atoms with van der Waals surface area (Å²) in [5, 5.41) is 30.9. The molecule has 1 aromatic heterocycles. The van der Waals surface area contributed by atoms with Gasteiger partial charge in [-0.05, 0) is 9.91 Å². The van der Waals surface area contributed by atoms with E-state index in [1.54, 1.807) is 0 Å². The fraction of sp³-hybridized carbons (Fsp3) is 0.250. The van der Waals surface area contributed by atoms with Crippen LogP contribution in [0.15, 0.2) is 6.33 Å². The van der Waals surface area contributed by atoms with Gasteiger partial charge in [0.25, 0.3) is 5.69 Å². The van der Waals surface area contributed by atoms with Gasteiger partial charge >= 0.3 is 12.0 Å². The molecule has 0 fully saturated rings. The van der Waals surface area contributed by atoms with E-state index in [9.17, 15) is 30.3 Å². The maximum Gasteiger partial charge on any atom is 0.499 e. The number of rotatable bonds is 4. The minimum atomic E-state index is -2.41. The second-order valence-electron chi connectivity index (χ2n) is 2.34. The van der Waals surface area contributed by atoms with E-state index in [1.807, 2.05) is 4.98 Å². The Hall–Kier alpha value is -2.63. The number of H-pyrrole nitrogens is 1. The summed E-state index contributed by atoms with van der Waals surface area (Å²) in [5.74, 6) is -0.923. The molecule has 88 valence electrons. The summed E-state index contributed by atoms with van der Waals surface area (Å²) in [6.07, 6.45) is -1.62. The Morgan fingerprint density at radius 3 is 2.06 bits per heavy atom. The van der Waals surface area contributed by atoms with Crippen molar-refractivity contribution in [3.8, 4) is 0 Å². The molecule has 16 heavy (non-hydrogen) atoms. The van der Waals surface area contributed by atoms with Gasteiger partial charge in [-0.15, -0.1) is 0 Å². The lowest BCUT2D eigenvalue weighted by atomic mass is 10.3. The van der Waals surface area contributed by atoms with E-state index in [-0.39, 0.29) is 6.15 Å². The number of hydrogen-bond acceptors (Lipinski definition) is 8. The van der Waals surface area contributed by atoms with Crippen LogP contribution in [0.5, 0.6) is 0 Å². The Morgan fingerprint density at radius 2 is 1.69 bits per heavy atom. The molecule has 1 rings (SSSR count). The fourth-order valence-corrected chi connectivity index (χ4v) is 0.920. The van der Waals surface area contributed by atoms with Gasteiger partial charge in [0.05, 0.1) is 0 Å². The molecule has 0 spiro atoms. The SMILES string of the molecule is N.O=[N+]([O-])c1nc[nH]c1C([N+](=O)[O-])[N+](=O)[O-]. The predicted molar refractivity (Wildman–Crippen MR) is 47.0 cm³/mol. The van der Waals surface area contributed by atoms with Crippen LogP contribution < -0.4 is 6.15 Å². The Morgan fingerprint density at radius 1 is 1.19 bits per heavy atom. The van der Waals surface area contributed by atoms with Gasteiger partial charge in [0.1, 0.15) is 9.85 Å². The van der Waals surface area contributed by atoms with E-state index >= 15 is 0 Å². The summed E-state index contributed by atoms with van der Waals surface area (Å²) >= 11 is 0. The summed E-state index contributed by atoms with van der Waals surface area (Å²) in [5.41, 5.74) is -0.755. The summed E-state index contributed by atoms with van der Waals surface area (Å²) in [7, 11) is 0. The van der Waals surface area contributed by atoms with Gasteiger partial charge < -0.3 is 21.2 Å². The molecule has 4 N–H and O–H groups in total. The number of imidazole rings is 1. The van der Waals surface area contributed by atoms with Crippen molar-refractivity contribution in [2.24, 2.45) is 0 Å². The summed E-state index contributed by atoms with van der Waals surface area (Å²) < 4.78 is 0. The monoisotopic (exact) mass is 234 g/mol. The zero-order valence-electron chi connectivity index (χ0n) is 7.60. The number of aromatic nitrogens is 2. The maximum absolute atomic E-state index is 10.3. The highest BCUT2D eigenvalue weighted by molar-refractivity contribution is 5.26. The van der Waals surface area contributed by atoms with Crippen LogP contribution in [-0.4, -0.2) is 24.7 Å². The fourth-order valence-electron chi connectivity index (χ4n) is 0.920. The summed E-state index contributed by atoms with van der Waals surface area (Å²) in [6, 6.07) is 0. The molecule has 0 aliphatic heterocycles. The van der Waals surface area contributed by atoms with E-state index in [0.29, 0.717) is 0 Å². The third kappa shape index (κ3) is 2.24. The molecule has 0 bridgehead atoms. The van der Waals surface area contributed by atoms with Gasteiger partial charge in [0.2, 0.25) is 6.33 Å². The van der Waals surface area contributed by atoms with Crippen molar-refractivity contribution in [2.75, 3.05) is 0 Å². The average molecular weight is 234 g/mol. The summed E-state index contributed by atoms with van der Waals surface area (Å²) in [4.78, 5) is 32.5. The van der Waals surface area contributed by atoms with Gasteiger partial charge in [-0.3, -0.25) is 20.2 Å². The second kappa shape index (κ2) is 4.74. The molecule has 0 radical (unpaired) electrons. The highest BCUT2D eigenvalue weighted by atomic mass is 16.7. The van der Waals surface area contributed by atoms with Crippen LogP contribution >= 0.6 is 0 Å². The molecule has 0 saturated heterocycles. The highest BCUT2D eigenvalue weighted by Crippen LogP contribution is 2.23. The standard InChI is InChI=1S/C4H3N5O6.H3N/c10-7(11)3-2(5-1-6-3)4(8(12)13)9(14)15;/h1,4H,(H,5,6);1H3. The van der Waals surface area contributed by atoms with Gasteiger partial charge in [-0.1, -0.05) is 0 Å². The lowest BCUT2D eigenvalue weighted by Gasteiger charge is -1.98. The van der Waals surface area contributed by atoms with E-state index in [1.165, 1.54) is 0 Å². The third-order valence-electron chi connectivity index (χ3n) is 1.48. The Labute approximate surface area is 86.3 Å². The van der Waals surface area contributed by atoms with Crippen molar-refractivity contribution in [3.05, 3.63) is 42.4 Å². The van der Waals surface area contributed by atoms with Gasteiger partial charge in [-0.2, -0.15) is 0 Å². The lowest BCUT2D eigenvalue weighted by Crippen LogP contribution is -2.21. The van der Waals surface area contributed by atoms with Crippen molar-refractivity contribution in [1.82, 2.24) is 16.1 Å². The average Bonchev–Trinajstić information content (AvgIpc) is 2.51. The molecule has 0 atom stereocenters. The molecule has 1 aromatic rings. The van der Waals surface area contributed by atoms with E-state index in [0.717, 1.165) is 6.33 Å². The third-order valence-corrected chi connectivity index (χ3v) is 1.48. The van der Waals surface area contributed by atoms with Crippen LogP contribution in [0.2, 0.25) is 0 Å². The number of hydrogen-bond donors (Lipinski definition) is 2. The van der Waals surface area contributed by atoms with Crippen LogP contribution in [-0.2, 0) is 0 Å². The largest absolute Gasteiger partial charge is 0.499 e. The first kappa shape index (κ1) is 13.4. The Kier molecular flexibility index (Phi) is 3.96. The van der Waals surface area contributed by atoms with Crippen LogP contribution in [0.1, 0.15) is 11.9 Å². The molecular weight excluding hydrogens is 228 g/mol. The van der Waals surface area contributed by atoms with Crippen molar-refractivity contribution in [3.63, 3.8) is 0 Å². The van der Waals surface area contributed by atoms with Crippen LogP contribution in [0, 0.1) is 30.3 Å². The van der Waals surface area contributed by atoms with Gasteiger partial charge in [0.15, 0.2) is 0 Å². The number of nitrogens with one attached hydrogen (secondary N) is 1. The molecule has 0 saturated carbocycles. The molecular formula is C4H6N6O6. The molecule has 0 aliphatic carbocycles. The van der Waals surface area contributed by atoms with E-state index in [2.05, 4.69) is 4.98 Å². The molecule has 12 nitrogen and oxygen atoms in total. The minimum Gasteiger partial charge on any atom is -0.358 e. The van der Waals surface area contributed by atoms with Crippen molar-refractivity contribution in [1.29, 1.82) is 0 Å². The first-order valence-electron chi connectivity index (χ1n) is 3.39. The van der Waals surface area contributed by atoms with Crippen LogP contribution in [0.25, 0.3) is 0 Å². The van der Waals surface area contributed by atoms with Crippen molar-refractivity contribution >= 4 is 5.82 Å². The molecule has 0 unspecified atom stereocenters. The summed E-state index contributed by atoms with van der Waals surface area (Å²) in [6.45, 7) is 0. The normalized spacial score (nSPS) is 9.56. The van der Waals surface area contributed by atoms with Gasteiger partial charge in [-0.25, -0.2) is 0 Å². The zero-order chi connectivity index (χ0) is 11.6. The first-order chi connectivity index (χ1) is 6.95. The predicted octanol–water partition coefficient (Wildman–Crippen LogP) is 0.0319. The van der Waals surface area contributed by atoms with Crippen molar-refractivity contribution in [2.45, 2.75) is 6.17 Å². The second-order valence-corrected chi connectivity index (χ2v) is 2.34. The van der Waals surface area contributed by atoms with Crippen LogP contribution in [0.4, 0.5) is 5.82 Å². The maximum atomic E-state index is 10.3. The van der Waals surface area contributed by atoms with E-state index < -0.39 is 32.4 Å². The number of nitro groups is 3. The Bertz CT molecular complexity index is 412. The number of aromatic amines is 1. The smallest absolute Gasteiger partial charge is 0.358 e. The zero-order valence-corrected chi connectivity index (χ0v) is 7.60. The number of nitrogens with zero attached hydrogens (tertiary/aromatic N) is 4. The van der Waals surface area contributed by atoms with Gasteiger partial charge in [0, 0.05) is 0 Å². The molecule has 12 heteroatoms. The van der Waals surface area contributed by atoms with Crippen LogP contribution in [0.3, 0.4) is 0 Å². The lowest BCUT2D eigenvalue weighted by molar-refractivity contribution is -0.753. The highest BCUT2D eigenvalue weighted by Gasteiger charge is 2.43. The topological polar surface area (TPSA) is 193 Å². The first-order valence-corrected chi connectivity index (χ1v) is 3.39. The quantitative estimate of drug-likeness (QED) is 0.413. The molecule has 0 aromatic carbocycles. The molecule has 1 heterocycles. The van der Waals surface area contributed by atoms with Crippen molar-refractivity contribution < 1.29 is 14.8 Å². The molecule has 0 aliphatic rings. The van der Waals surface area contributed by atoms with E-state index in [4.69, 9.17) is 0 Å². The Balaban J connectivity index is 0.00000225. The molecule has 0 amide bonds. The minimum absolute atomic E-state index is 0.